The number of amides is 3. The molecule has 1 heterocycles. The van der Waals surface area contributed by atoms with Crippen LogP contribution in [0, 0.1) is 0 Å². The molecule has 3 N–H and O–H groups in total. The predicted molar refractivity (Wildman–Crippen MR) is 112 cm³/mol. The van der Waals surface area contributed by atoms with Gasteiger partial charge in [-0.25, -0.2) is 0 Å². The van der Waals surface area contributed by atoms with Crippen molar-refractivity contribution in [3.8, 4) is 0 Å². The molecule has 1 aromatic carbocycles. The Bertz CT molecular complexity index is 763. The molecular formula is C22H31N3O5. The van der Waals surface area contributed by atoms with Crippen LogP contribution in [0.4, 0.5) is 5.69 Å². The van der Waals surface area contributed by atoms with Crippen molar-refractivity contribution >= 4 is 23.4 Å². The first-order valence-electron chi connectivity index (χ1n) is 10.7. The molecule has 8 heteroatoms. The molecule has 0 bridgehead atoms. The number of benzene rings is 1. The van der Waals surface area contributed by atoms with Gasteiger partial charge in [0, 0.05) is 31.0 Å². The Morgan fingerprint density at radius 1 is 1.10 bits per heavy atom. The summed E-state index contributed by atoms with van der Waals surface area (Å²) >= 11 is 0. The predicted octanol–water partition coefficient (Wildman–Crippen LogP) is 2.06. The standard InChI is InChI=1S/C22H31N3O5/c1-3-29-19(30-4-2)13-18(26)23-14-8-7-9-15(12-14)24-21(27)20-16-10-5-6-11-17(16)25-22(20)28/h5-6,10-11,14-15,19-20H,3-4,7-9,12-13H2,1-2H3,(H,23,26)(H,24,27)(H,25,28). The maximum atomic E-state index is 12.8. The van der Waals surface area contributed by atoms with E-state index in [-0.39, 0.29) is 36.2 Å². The molecule has 1 fully saturated rings. The van der Waals surface area contributed by atoms with Crippen LogP contribution < -0.4 is 16.0 Å². The van der Waals surface area contributed by atoms with Gasteiger partial charge in [-0.3, -0.25) is 14.4 Å². The highest BCUT2D eigenvalue weighted by molar-refractivity contribution is 6.16. The fourth-order valence-electron chi connectivity index (χ4n) is 4.18. The highest BCUT2D eigenvalue weighted by Crippen LogP contribution is 2.32. The third-order valence-corrected chi connectivity index (χ3v) is 5.50. The van der Waals surface area contributed by atoms with Crippen LogP contribution >= 0.6 is 0 Å². The number of hydrogen-bond donors (Lipinski definition) is 3. The zero-order valence-corrected chi connectivity index (χ0v) is 17.6. The normalized spacial score (nSPS) is 23.0. The average Bonchev–Trinajstić information content (AvgIpc) is 3.04. The molecule has 0 saturated heterocycles. The fraction of sp³-hybridized carbons (Fsp3) is 0.591. The third-order valence-electron chi connectivity index (χ3n) is 5.50. The van der Waals surface area contributed by atoms with Crippen molar-refractivity contribution in [2.45, 2.75) is 70.2 Å². The van der Waals surface area contributed by atoms with Gasteiger partial charge >= 0.3 is 0 Å². The summed E-state index contributed by atoms with van der Waals surface area (Å²) in [6.45, 7) is 4.68. The van der Waals surface area contributed by atoms with Gasteiger partial charge in [0.25, 0.3) is 0 Å². The van der Waals surface area contributed by atoms with Crippen molar-refractivity contribution in [1.82, 2.24) is 10.6 Å². The second kappa shape index (κ2) is 10.5. The van der Waals surface area contributed by atoms with Crippen molar-refractivity contribution in [2.24, 2.45) is 0 Å². The number of anilines is 1. The molecule has 3 rings (SSSR count). The van der Waals surface area contributed by atoms with Gasteiger partial charge in [-0.2, -0.15) is 0 Å². The smallest absolute Gasteiger partial charge is 0.241 e. The van der Waals surface area contributed by atoms with E-state index < -0.39 is 12.2 Å². The van der Waals surface area contributed by atoms with Crippen LogP contribution in [0.2, 0.25) is 0 Å². The van der Waals surface area contributed by atoms with Gasteiger partial charge in [0.05, 0.1) is 6.42 Å². The van der Waals surface area contributed by atoms with E-state index in [0.29, 0.717) is 30.9 Å². The van der Waals surface area contributed by atoms with E-state index in [1.807, 2.05) is 26.0 Å². The first-order valence-corrected chi connectivity index (χ1v) is 10.7. The van der Waals surface area contributed by atoms with Crippen LogP contribution in [0.3, 0.4) is 0 Å². The molecule has 3 amide bonds. The lowest BCUT2D eigenvalue weighted by Crippen LogP contribution is -2.47. The lowest BCUT2D eigenvalue weighted by molar-refractivity contribution is -0.153. The molecule has 3 unspecified atom stereocenters. The molecule has 0 spiro atoms. The van der Waals surface area contributed by atoms with E-state index in [2.05, 4.69) is 16.0 Å². The number of carbonyl (C=O) groups excluding carboxylic acids is 3. The molecule has 1 aliphatic carbocycles. The number of ether oxygens (including phenoxy) is 2. The van der Waals surface area contributed by atoms with Gasteiger partial charge in [0.15, 0.2) is 6.29 Å². The highest BCUT2D eigenvalue weighted by Gasteiger charge is 2.37. The molecule has 3 atom stereocenters. The van der Waals surface area contributed by atoms with E-state index in [0.717, 1.165) is 19.3 Å². The number of rotatable bonds is 9. The first-order chi connectivity index (χ1) is 14.5. The SMILES string of the molecule is CCOC(CC(=O)NC1CCCC(NC(=O)C2C(=O)Nc3ccccc32)C1)OCC. The molecular weight excluding hydrogens is 386 g/mol. The number of carbonyl (C=O) groups is 3. The van der Waals surface area contributed by atoms with Gasteiger partial charge < -0.3 is 25.4 Å². The van der Waals surface area contributed by atoms with Crippen molar-refractivity contribution in [3.63, 3.8) is 0 Å². The van der Waals surface area contributed by atoms with Crippen LogP contribution in [0.15, 0.2) is 24.3 Å². The molecule has 2 aliphatic rings. The molecule has 1 saturated carbocycles. The van der Waals surface area contributed by atoms with Gasteiger partial charge in [-0.1, -0.05) is 18.2 Å². The maximum Gasteiger partial charge on any atom is 0.241 e. The third kappa shape index (κ3) is 5.58. The minimum absolute atomic E-state index is 0.0230. The lowest BCUT2D eigenvalue weighted by Gasteiger charge is -2.31. The zero-order valence-electron chi connectivity index (χ0n) is 17.6. The van der Waals surface area contributed by atoms with Gasteiger partial charge in [0.1, 0.15) is 5.92 Å². The Morgan fingerprint density at radius 2 is 1.77 bits per heavy atom. The second-order valence-electron chi connectivity index (χ2n) is 7.69. The Kier molecular flexibility index (Phi) is 7.81. The summed E-state index contributed by atoms with van der Waals surface area (Å²) in [5.41, 5.74) is 1.40. The quantitative estimate of drug-likeness (QED) is 0.421. The fourth-order valence-corrected chi connectivity index (χ4v) is 4.18. The van der Waals surface area contributed by atoms with Crippen LogP contribution in [0.25, 0.3) is 0 Å². The second-order valence-corrected chi connectivity index (χ2v) is 7.69. The van der Waals surface area contributed by atoms with Crippen LogP contribution in [-0.2, 0) is 23.9 Å². The van der Waals surface area contributed by atoms with E-state index in [9.17, 15) is 14.4 Å². The monoisotopic (exact) mass is 417 g/mol. The molecule has 164 valence electrons. The largest absolute Gasteiger partial charge is 0.353 e. The summed E-state index contributed by atoms with van der Waals surface area (Å²) in [7, 11) is 0. The maximum absolute atomic E-state index is 12.8. The Hall–Kier alpha value is -2.45. The van der Waals surface area contributed by atoms with E-state index in [1.54, 1.807) is 12.1 Å². The summed E-state index contributed by atoms with van der Waals surface area (Å²) in [6.07, 6.45) is 2.83. The van der Waals surface area contributed by atoms with Crippen molar-refractivity contribution in [3.05, 3.63) is 29.8 Å². The van der Waals surface area contributed by atoms with Crippen LogP contribution in [0.5, 0.6) is 0 Å². The summed E-state index contributed by atoms with van der Waals surface area (Å²) in [4.78, 5) is 37.5. The molecule has 8 nitrogen and oxygen atoms in total. The zero-order chi connectivity index (χ0) is 21.5. The van der Waals surface area contributed by atoms with Crippen LogP contribution in [-0.4, -0.2) is 49.3 Å². The van der Waals surface area contributed by atoms with Crippen molar-refractivity contribution < 1.29 is 23.9 Å². The summed E-state index contributed by atoms with van der Waals surface area (Å²) in [5, 5.41) is 8.81. The Labute approximate surface area is 177 Å². The number of para-hydroxylation sites is 1. The summed E-state index contributed by atoms with van der Waals surface area (Å²) < 4.78 is 10.9. The Balaban J connectivity index is 1.52. The van der Waals surface area contributed by atoms with E-state index >= 15 is 0 Å². The number of fused-ring (bicyclic) bond motifs is 1. The Morgan fingerprint density at radius 3 is 2.47 bits per heavy atom. The summed E-state index contributed by atoms with van der Waals surface area (Å²) in [6, 6.07) is 7.15. The topological polar surface area (TPSA) is 106 Å². The molecule has 0 radical (unpaired) electrons. The summed E-state index contributed by atoms with van der Waals surface area (Å²) in [5.74, 6) is -1.54. The highest BCUT2D eigenvalue weighted by atomic mass is 16.7. The van der Waals surface area contributed by atoms with Gasteiger partial charge in [-0.05, 0) is 51.2 Å². The minimum atomic E-state index is -0.825. The molecule has 30 heavy (non-hydrogen) atoms. The van der Waals surface area contributed by atoms with Crippen molar-refractivity contribution in [2.75, 3.05) is 18.5 Å². The molecule has 1 aliphatic heterocycles. The van der Waals surface area contributed by atoms with Gasteiger partial charge in [-0.15, -0.1) is 0 Å². The minimum Gasteiger partial charge on any atom is -0.353 e. The van der Waals surface area contributed by atoms with Crippen molar-refractivity contribution in [1.29, 1.82) is 0 Å². The molecule has 1 aromatic rings. The van der Waals surface area contributed by atoms with E-state index in [1.165, 1.54) is 0 Å². The van der Waals surface area contributed by atoms with E-state index in [4.69, 9.17) is 9.47 Å². The van der Waals surface area contributed by atoms with Crippen LogP contribution in [0.1, 0.15) is 57.4 Å². The average molecular weight is 418 g/mol. The number of nitrogens with one attached hydrogen (secondary N) is 3. The first kappa shape index (κ1) is 22.2. The lowest BCUT2D eigenvalue weighted by atomic mass is 9.90. The number of hydrogen-bond acceptors (Lipinski definition) is 5. The molecule has 0 aromatic heterocycles. The van der Waals surface area contributed by atoms with Gasteiger partial charge in [0.2, 0.25) is 17.7 Å².